The average Bonchev–Trinajstić information content (AvgIpc) is 2.92. The van der Waals surface area contributed by atoms with E-state index in [1.807, 2.05) is 18.2 Å². The number of anilines is 2. The van der Waals surface area contributed by atoms with Gasteiger partial charge in [-0.2, -0.15) is 0 Å². The van der Waals surface area contributed by atoms with Gasteiger partial charge in [-0.15, -0.1) is 0 Å². The number of nitrogens with one attached hydrogen (secondary N) is 1. The first-order valence-corrected chi connectivity index (χ1v) is 7.22. The van der Waals surface area contributed by atoms with Crippen LogP contribution >= 0.6 is 15.9 Å². The molecule has 3 rings (SSSR count). The number of nitrogen functional groups attached to an aromatic ring is 1. The second-order valence-electron chi connectivity index (χ2n) is 4.77. The Morgan fingerprint density at radius 1 is 1.47 bits per heavy atom. The van der Waals surface area contributed by atoms with Crippen LogP contribution in [0.25, 0.3) is 10.9 Å². The summed E-state index contributed by atoms with van der Waals surface area (Å²) in [5, 5.41) is 4.38. The number of pyridine rings is 1. The molecule has 2 heterocycles. The molecule has 1 saturated heterocycles. The van der Waals surface area contributed by atoms with E-state index < -0.39 is 0 Å². The lowest BCUT2D eigenvalue weighted by molar-refractivity contribution is 0.120. The van der Waals surface area contributed by atoms with Crippen molar-refractivity contribution in [3.8, 4) is 0 Å². The molecule has 0 amide bonds. The van der Waals surface area contributed by atoms with Gasteiger partial charge in [0.2, 0.25) is 0 Å². The minimum atomic E-state index is 0.308. The summed E-state index contributed by atoms with van der Waals surface area (Å²) in [5.74, 6) is 0. The molecule has 100 valence electrons. The maximum atomic E-state index is 6.00. The van der Waals surface area contributed by atoms with Crippen LogP contribution in [0.3, 0.4) is 0 Å². The van der Waals surface area contributed by atoms with E-state index in [9.17, 15) is 0 Å². The van der Waals surface area contributed by atoms with Crippen molar-refractivity contribution < 1.29 is 4.74 Å². The van der Waals surface area contributed by atoms with E-state index in [-0.39, 0.29) is 0 Å². The topological polar surface area (TPSA) is 60.2 Å². The van der Waals surface area contributed by atoms with Crippen LogP contribution in [0, 0.1) is 0 Å². The van der Waals surface area contributed by atoms with E-state index in [2.05, 4.69) is 26.2 Å². The lowest BCUT2D eigenvalue weighted by atomic mass is 10.1. The molecular weight excluding hydrogens is 306 g/mol. The number of rotatable bonds is 3. The highest BCUT2D eigenvalue weighted by molar-refractivity contribution is 9.10. The van der Waals surface area contributed by atoms with E-state index in [1.54, 1.807) is 6.20 Å². The van der Waals surface area contributed by atoms with E-state index in [0.29, 0.717) is 6.10 Å². The van der Waals surface area contributed by atoms with Crippen molar-refractivity contribution in [1.82, 2.24) is 4.98 Å². The monoisotopic (exact) mass is 321 g/mol. The van der Waals surface area contributed by atoms with Gasteiger partial charge in [-0.3, -0.25) is 4.98 Å². The van der Waals surface area contributed by atoms with E-state index in [4.69, 9.17) is 10.5 Å². The normalized spacial score (nSPS) is 18.9. The van der Waals surface area contributed by atoms with Crippen LogP contribution in [-0.4, -0.2) is 24.2 Å². The molecule has 4 nitrogen and oxygen atoms in total. The fraction of sp³-hybridized carbons (Fsp3) is 0.357. The highest BCUT2D eigenvalue weighted by Crippen LogP contribution is 2.29. The van der Waals surface area contributed by atoms with Gasteiger partial charge in [-0.05, 0) is 47.0 Å². The number of hydrogen-bond acceptors (Lipinski definition) is 4. The number of aromatic nitrogens is 1. The molecule has 0 bridgehead atoms. The van der Waals surface area contributed by atoms with Crippen molar-refractivity contribution in [2.75, 3.05) is 24.2 Å². The van der Waals surface area contributed by atoms with Gasteiger partial charge in [0, 0.05) is 34.9 Å². The molecule has 1 unspecified atom stereocenters. The predicted molar refractivity (Wildman–Crippen MR) is 81.3 cm³/mol. The summed E-state index contributed by atoms with van der Waals surface area (Å²) in [5.41, 5.74) is 8.65. The first-order chi connectivity index (χ1) is 9.24. The number of benzene rings is 1. The number of ether oxygens (including phenoxy) is 1. The van der Waals surface area contributed by atoms with Crippen LogP contribution in [0.15, 0.2) is 28.9 Å². The van der Waals surface area contributed by atoms with Crippen molar-refractivity contribution in [3.63, 3.8) is 0 Å². The molecule has 1 aromatic carbocycles. The minimum Gasteiger partial charge on any atom is -0.398 e. The molecule has 0 radical (unpaired) electrons. The van der Waals surface area contributed by atoms with Gasteiger partial charge in [0.15, 0.2) is 0 Å². The summed E-state index contributed by atoms with van der Waals surface area (Å²) >= 11 is 3.43. The van der Waals surface area contributed by atoms with Gasteiger partial charge in [0.1, 0.15) is 0 Å². The Balaban J connectivity index is 1.88. The van der Waals surface area contributed by atoms with Crippen molar-refractivity contribution in [3.05, 3.63) is 28.9 Å². The molecule has 1 aliphatic heterocycles. The zero-order chi connectivity index (χ0) is 13.2. The Kier molecular flexibility index (Phi) is 3.57. The molecule has 0 spiro atoms. The van der Waals surface area contributed by atoms with Crippen LogP contribution in [0.5, 0.6) is 0 Å². The molecule has 0 aliphatic carbocycles. The average molecular weight is 322 g/mol. The summed E-state index contributed by atoms with van der Waals surface area (Å²) in [4.78, 5) is 4.46. The molecule has 1 aliphatic rings. The lowest BCUT2D eigenvalue weighted by Crippen LogP contribution is -2.18. The predicted octanol–water partition coefficient (Wildman–Crippen LogP) is 3.17. The highest BCUT2D eigenvalue weighted by atomic mass is 79.9. The molecule has 1 fully saturated rings. The van der Waals surface area contributed by atoms with Crippen LogP contribution in [-0.2, 0) is 4.74 Å². The second-order valence-corrected chi connectivity index (χ2v) is 5.68. The highest BCUT2D eigenvalue weighted by Gasteiger charge is 2.15. The molecule has 0 saturated carbocycles. The van der Waals surface area contributed by atoms with Crippen LogP contribution in [0.1, 0.15) is 12.8 Å². The van der Waals surface area contributed by atoms with Gasteiger partial charge >= 0.3 is 0 Å². The van der Waals surface area contributed by atoms with E-state index in [0.717, 1.165) is 52.7 Å². The summed E-state index contributed by atoms with van der Waals surface area (Å²) in [6.45, 7) is 1.69. The number of nitrogens with zero attached hydrogens (tertiary/aromatic N) is 1. The van der Waals surface area contributed by atoms with E-state index in [1.165, 1.54) is 0 Å². The molecule has 1 aromatic heterocycles. The smallest absolute Gasteiger partial charge is 0.0954 e. The number of hydrogen-bond donors (Lipinski definition) is 2. The Bertz CT molecular complexity index is 597. The van der Waals surface area contributed by atoms with Gasteiger partial charge in [-0.25, -0.2) is 0 Å². The number of nitrogens with two attached hydrogens (primary N) is 1. The molecule has 2 aromatic rings. The fourth-order valence-corrected chi connectivity index (χ4v) is 2.72. The Labute approximate surface area is 120 Å². The van der Waals surface area contributed by atoms with E-state index >= 15 is 0 Å². The van der Waals surface area contributed by atoms with Crippen molar-refractivity contribution >= 4 is 38.2 Å². The van der Waals surface area contributed by atoms with Gasteiger partial charge in [-0.1, -0.05) is 0 Å². The lowest BCUT2D eigenvalue weighted by Gasteiger charge is -2.14. The summed E-state index contributed by atoms with van der Waals surface area (Å²) in [7, 11) is 0. The summed E-state index contributed by atoms with van der Waals surface area (Å²) < 4.78 is 6.55. The molecule has 19 heavy (non-hydrogen) atoms. The third-order valence-corrected chi connectivity index (χ3v) is 3.83. The minimum absolute atomic E-state index is 0.308. The maximum absolute atomic E-state index is 6.00. The Morgan fingerprint density at radius 3 is 3.16 bits per heavy atom. The SMILES string of the molecule is Nc1ccc(NCC2CCCO2)c2ncc(Br)cc12. The molecule has 5 heteroatoms. The third kappa shape index (κ3) is 2.67. The van der Waals surface area contributed by atoms with Crippen molar-refractivity contribution in [2.45, 2.75) is 18.9 Å². The van der Waals surface area contributed by atoms with Gasteiger partial charge in [0.25, 0.3) is 0 Å². The first kappa shape index (κ1) is 12.7. The van der Waals surface area contributed by atoms with Gasteiger partial charge < -0.3 is 15.8 Å². The zero-order valence-electron chi connectivity index (χ0n) is 10.5. The third-order valence-electron chi connectivity index (χ3n) is 3.39. The largest absolute Gasteiger partial charge is 0.398 e. The van der Waals surface area contributed by atoms with Crippen molar-refractivity contribution in [1.29, 1.82) is 0 Å². The first-order valence-electron chi connectivity index (χ1n) is 6.43. The quantitative estimate of drug-likeness (QED) is 0.852. The molecular formula is C14H16BrN3O. The van der Waals surface area contributed by atoms with Crippen LogP contribution < -0.4 is 11.1 Å². The standard InChI is InChI=1S/C14H16BrN3O/c15-9-6-11-12(16)3-4-13(14(11)18-7-9)17-8-10-2-1-5-19-10/h3-4,6-7,10,17H,1-2,5,8,16H2. The Morgan fingerprint density at radius 2 is 2.37 bits per heavy atom. The summed E-state index contributed by atoms with van der Waals surface area (Å²) in [6.07, 6.45) is 4.38. The Hall–Kier alpha value is -1.33. The fourth-order valence-electron chi connectivity index (χ4n) is 2.39. The molecule has 1 atom stereocenters. The molecule has 3 N–H and O–H groups in total. The van der Waals surface area contributed by atoms with Crippen molar-refractivity contribution in [2.24, 2.45) is 0 Å². The second kappa shape index (κ2) is 5.35. The zero-order valence-corrected chi connectivity index (χ0v) is 12.1. The van der Waals surface area contributed by atoms with Gasteiger partial charge in [0.05, 0.1) is 17.3 Å². The number of fused-ring (bicyclic) bond motifs is 1. The summed E-state index contributed by atoms with van der Waals surface area (Å²) in [6, 6.07) is 5.89. The van der Waals surface area contributed by atoms with Crippen LogP contribution in [0.2, 0.25) is 0 Å². The van der Waals surface area contributed by atoms with Crippen LogP contribution in [0.4, 0.5) is 11.4 Å². The number of halogens is 1. The maximum Gasteiger partial charge on any atom is 0.0954 e.